The first-order valence-corrected chi connectivity index (χ1v) is 6.69. The van der Waals surface area contributed by atoms with Crippen LogP contribution in [0.25, 0.3) is 0 Å². The molecule has 1 atom stereocenters. The summed E-state index contributed by atoms with van der Waals surface area (Å²) in [5, 5.41) is 3.50. The monoisotopic (exact) mass is 256 g/mol. The van der Waals surface area contributed by atoms with E-state index in [4.69, 9.17) is 4.74 Å². The number of esters is 1. The molecule has 1 rings (SSSR count). The first-order valence-electron chi connectivity index (χ1n) is 6.69. The first-order chi connectivity index (χ1) is 8.14. The molecule has 0 amide bonds. The molecule has 4 nitrogen and oxygen atoms in total. The van der Waals surface area contributed by atoms with E-state index < -0.39 is 0 Å². The topological polar surface area (TPSA) is 41.6 Å². The maximum absolute atomic E-state index is 11.4. The van der Waals surface area contributed by atoms with Gasteiger partial charge in [-0.2, -0.15) is 0 Å². The van der Waals surface area contributed by atoms with Gasteiger partial charge >= 0.3 is 5.97 Å². The van der Waals surface area contributed by atoms with Gasteiger partial charge in [0.15, 0.2) is 0 Å². The predicted molar refractivity (Wildman–Crippen MR) is 73.5 cm³/mol. The van der Waals surface area contributed by atoms with Crippen molar-refractivity contribution in [2.45, 2.75) is 52.6 Å². The highest BCUT2D eigenvalue weighted by atomic mass is 16.5. The molecule has 0 aliphatic carbocycles. The van der Waals surface area contributed by atoms with Gasteiger partial charge in [0.1, 0.15) is 0 Å². The number of carbonyl (C=O) groups excluding carboxylic acids is 1. The lowest BCUT2D eigenvalue weighted by Crippen LogP contribution is -2.48. The Bertz CT molecular complexity index is 295. The maximum atomic E-state index is 11.4. The van der Waals surface area contributed by atoms with Crippen LogP contribution in [0.4, 0.5) is 0 Å². The van der Waals surface area contributed by atoms with Gasteiger partial charge in [-0.05, 0) is 26.2 Å². The van der Waals surface area contributed by atoms with Crippen LogP contribution in [0.1, 0.15) is 41.0 Å². The molecular formula is C14H28N2O2. The normalized spacial score (nSPS) is 25.6. The quantitative estimate of drug-likeness (QED) is 0.763. The van der Waals surface area contributed by atoms with Crippen LogP contribution in [0.15, 0.2) is 0 Å². The number of carbonyl (C=O) groups is 1. The Morgan fingerprint density at radius 2 is 2.06 bits per heavy atom. The van der Waals surface area contributed by atoms with E-state index in [0.717, 1.165) is 19.6 Å². The molecule has 1 aliphatic heterocycles. The molecule has 1 heterocycles. The van der Waals surface area contributed by atoms with Gasteiger partial charge in [0.05, 0.1) is 13.5 Å². The zero-order valence-corrected chi connectivity index (χ0v) is 12.7. The molecule has 1 N–H and O–H groups in total. The van der Waals surface area contributed by atoms with Crippen molar-refractivity contribution in [1.82, 2.24) is 10.2 Å². The van der Waals surface area contributed by atoms with Gasteiger partial charge in [-0.15, -0.1) is 0 Å². The van der Waals surface area contributed by atoms with Crippen LogP contribution in [-0.4, -0.2) is 49.2 Å². The molecule has 0 aromatic heterocycles. The fourth-order valence-corrected chi connectivity index (χ4v) is 2.32. The zero-order valence-electron chi connectivity index (χ0n) is 12.7. The molecule has 0 aromatic carbocycles. The third-order valence-electron chi connectivity index (χ3n) is 3.52. The van der Waals surface area contributed by atoms with E-state index in [1.54, 1.807) is 0 Å². The van der Waals surface area contributed by atoms with Crippen molar-refractivity contribution in [3.8, 4) is 0 Å². The average Bonchev–Trinajstić information content (AvgIpc) is 2.37. The van der Waals surface area contributed by atoms with E-state index >= 15 is 0 Å². The van der Waals surface area contributed by atoms with Gasteiger partial charge in [-0.3, -0.25) is 9.69 Å². The fourth-order valence-electron chi connectivity index (χ4n) is 2.32. The van der Waals surface area contributed by atoms with Gasteiger partial charge in [0.25, 0.3) is 0 Å². The highest BCUT2D eigenvalue weighted by Gasteiger charge is 2.34. The molecular weight excluding hydrogens is 228 g/mol. The molecule has 4 heteroatoms. The van der Waals surface area contributed by atoms with Crippen molar-refractivity contribution >= 4 is 5.97 Å². The van der Waals surface area contributed by atoms with Crippen LogP contribution in [0.5, 0.6) is 0 Å². The van der Waals surface area contributed by atoms with Crippen molar-refractivity contribution in [2.75, 3.05) is 26.7 Å². The summed E-state index contributed by atoms with van der Waals surface area (Å²) in [6.45, 7) is 14.1. The smallest absolute Gasteiger partial charge is 0.307 e. The Balaban J connectivity index is 2.76. The average molecular weight is 256 g/mol. The Morgan fingerprint density at radius 1 is 1.44 bits per heavy atom. The van der Waals surface area contributed by atoms with E-state index in [1.807, 2.05) is 0 Å². The van der Waals surface area contributed by atoms with Crippen molar-refractivity contribution in [1.29, 1.82) is 0 Å². The van der Waals surface area contributed by atoms with E-state index in [9.17, 15) is 4.79 Å². The van der Waals surface area contributed by atoms with Gasteiger partial charge in [0.2, 0.25) is 0 Å². The molecule has 1 aliphatic rings. The van der Waals surface area contributed by atoms with E-state index in [0.29, 0.717) is 6.42 Å². The van der Waals surface area contributed by atoms with E-state index in [1.165, 1.54) is 7.11 Å². The van der Waals surface area contributed by atoms with E-state index in [2.05, 4.69) is 44.8 Å². The van der Waals surface area contributed by atoms with Crippen LogP contribution in [0, 0.1) is 5.41 Å². The van der Waals surface area contributed by atoms with Crippen LogP contribution in [-0.2, 0) is 9.53 Å². The molecule has 1 unspecified atom stereocenters. The summed E-state index contributed by atoms with van der Waals surface area (Å²) in [4.78, 5) is 13.9. The van der Waals surface area contributed by atoms with Crippen molar-refractivity contribution in [2.24, 2.45) is 5.41 Å². The van der Waals surface area contributed by atoms with Gasteiger partial charge < -0.3 is 10.1 Å². The summed E-state index contributed by atoms with van der Waals surface area (Å²) in [5.74, 6) is -0.138. The minimum absolute atomic E-state index is 0.123. The highest BCUT2D eigenvalue weighted by Crippen LogP contribution is 2.25. The number of rotatable bonds is 2. The minimum atomic E-state index is -0.138. The predicted octanol–water partition coefficient (Wildman–Crippen LogP) is 1.65. The molecule has 0 saturated carbocycles. The van der Waals surface area contributed by atoms with E-state index in [-0.39, 0.29) is 23.0 Å². The number of ether oxygens (including phenoxy) is 1. The Labute approximate surface area is 111 Å². The van der Waals surface area contributed by atoms with Crippen LogP contribution in [0.2, 0.25) is 0 Å². The lowest BCUT2D eigenvalue weighted by Gasteiger charge is -2.39. The fraction of sp³-hybridized carbons (Fsp3) is 0.929. The zero-order chi connectivity index (χ0) is 14.0. The van der Waals surface area contributed by atoms with Crippen molar-refractivity contribution in [3.63, 3.8) is 0 Å². The van der Waals surface area contributed by atoms with Crippen molar-refractivity contribution in [3.05, 3.63) is 0 Å². The lowest BCUT2D eigenvalue weighted by atomic mass is 9.91. The van der Waals surface area contributed by atoms with Crippen LogP contribution >= 0.6 is 0 Å². The summed E-state index contributed by atoms with van der Waals surface area (Å²) in [7, 11) is 1.45. The SMILES string of the molecule is COC(=O)CC1CN(C(C)(C)C)CC(C)(C)CN1. The molecule has 0 bridgehead atoms. The molecule has 106 valence electrons. The number of hydrogen-bond donors (Lipinski definition) is 1. The van der Waals surface area contributed by atoms with Crippen LogP contribution in [0.3, 0.4) is 0 Å². The third-order valence-corrected chi connectivity index (χ3v) is 3.52. The molecule has 0 radical (unpaired) electrons. The molecule has 1 saturated heterocycles. The standard InChI is InChI=1S/C14H28N2O2/c1-13(2,3)16-8-11(7-12(17)18-6)15-9-14(4,5)10-16/h11,15H,7-10H2,1-6H3. The molecule has 18 heavy (non-hydrogen) atoms. The Morgan fingerprint density at radius 3 is 2.56 bits per heavy atom. The van der Waals surface area contributed by atoms with Gasteiger partial charge in [-0.1, -0.05) is 13.8 Å². The largest absolute Gasteiger partial charge is 0.469 e. The molecule has 0 aromatic rings. The summed E-state index contributed by atoms with van der Waals surface area (Å²) in [6, 6.07) is 0.179. The molecule has 0 spiro atoms. The summed E-state index contributed by atoms with van der Waals surface area (Å²) in [6.07, 6.45) is 0.444. The first kappa shape index (κ1) is 15.4. The summed E-state index contributed by atoms with van der Waals surface area (Å²) in [5.41, 5.74) is 0.343. The Hall–Kier alpha value is -0.610. The number of nitrogens with one attached hydrogen (secondary N) is 1. The van der Waals surface area contributed by atoms with Crippen molar-refractivity contribution < 1.29 is 9.53 Å². The minimum Gasteiger partial charge on any atom is -0.469 e. The number of hydrogen-bond acceptors (Lipinski definition) is 4. The highest BCUT2D eigenvalue weighted by molar-refractivity contribution is 5.69. The van der Waals surface area contributed by atoms with Crippen LogP contribution < -0.4 is 5.32 Å². The van der Waals surface area contributed by atoms with Gasteiger partial charge in [0, 0.05) is 31.2 Å². The molecule has 1 fully saturated rings. The second-order valence-electron chi connectivity index (χ2n) is 7.07. The third kappa shape index (κ3) is 4.58. The number of nitrogens with zero attached hydrogens (tertiary/aromatic N) is 1. The second-order valence-corrected chi connectivity index (χ2v) is 7.07. The number of methoxy groups -OCH3 is 1. The summed E-state index contributed by atoms with van der Waals surface area (Å²) < 4.78 is 4.77. The second kappa shape index (κ2) is 5.57. The lowest BCUT2D eigenvalue weighted by molar-refractivity contribution is -0.141. The van der Waals surface area contributed by atoms with Gasteiger partial charge in [-0.25, -0.2) is 0 Å². The maximum Gasteiger partial charge on any atom is 0.307 e. The summed E-state index contributed by atoms with van der Waals surface area (Å²) >= 11 is 0. The Kier molecular flexibility index (Phi) is 4.78.